The van der Waals surface area contributed by atoms with Crippen LogP contribution in [0.25, 0.3) is 0 Å². The molecule has 0 fully saturated rings. The molecular weight excluding hydrogens is 390 g/mol. The standard InChI is InChI=1S/C26H29NO4/c1-2-24(28)26(25(29)30,31-20-23-16-10-5-11-17-23)27(18-21-12-6-3-7-13-21)19-22-14-8-4-9-15-22/h3-17,24,28H,2,18-20H2,1H3,(H,29,30). The molecular formula is C26H29NO4. The lowest BCUT2D eigenvalue weighted by Gasteiger charge is -2.43. The number of ether oxygens (including phenoxy) is 1. The number of hydrogen-bond donors (Lipinski definition) is 2. The zero-order valence-corrected chi connectivity index (χ0v) is 17.7. The summed E-state index contributed by atoms with van der Waals surface area (Å²) in [5, 5.41) is 21.4. The molecule has 2 unspecified atom stereocenters. The van der Waals surface area contributed by atoms with Gasteiger partial charge in [-0.1, -0.05) is 97.9 Å². The van der Waals surface area contributed by atoms with Crippen LogP contribution >= 0.6 is 0 Å². The number of carbonyl (C=O) groups is 1. The van der Waals surface area contributed by atoms with Crippen LogP contribution in [0.5, 0.6) is 0 Å². The van der Waals surface area contributed by atoms with Gasteiger partial charge in [0.15, 0.2) is 0 Å². The van der Waals surface area contributed by atoms with E-state index in [-0.39, 0.29) is 13.0 Å². The van der Waals surface area contributed by atoms with Gasteiger partial charge in [-0.15, -0.1) is 0 Å². The van der Waals surface area contributed by atoms with Gasteiger partial charge >= 0.3 is 5.97 Å². The van der Waals surface area contributed by atoms with Crippen LogP contribution in [0.1, 0.15) is 30.0 Å². The fraction of sp³-hybridized carbons (Fsp3) is 0.269. The van der Waals surface area contributed by atoms with Gasteiger partial charge in [-0.05, 0) is 23.1 Å². The van der Waals surface area contributed by atoms with Crippen molar-refractivity contribution >= 4 is 5.97 Å². The lowest BCUT2D eigenvalue weighted by atomic mass is 9.99. The van der Waals surface area contributed by atoms with Gasteiger partial charge in [0.1, 0.15) is 6.10 Å². The number of hydrogen-bond acceptors (Lipinski definition) is 4. The summed E-state index contributed by atoms with van der Waals surface area (Å²) in [5.74, 6) is -1.20. The van der Waals surface area contributed by atoms with Gasteiger partial charge < -0.3 is 14.9 Å². The Morgan fingerprint density at radius 2 is 1.26 bits per heavy atom. The minimum Gasteiger partial charge on any atom is -0.478 e. The van der Waals surface area contributed by atoms with Crippen molar-refractivity contribution < 1.29 is 19.7 Å². The molecule has 2 atom stereocenters. The third-order valence-corrected chi connectivity index (χ3v) is 5.35. The smallest absolute Gasteiger partial charge is 0.354 e. The van der Waals surface area contributed by atoms with Gasteiger partial charge in [0, 0.05) is 13.1 Å². The molecule has 0 radical (unpaired) electrons. The highest BCUT2D eigenvalue weighted by Gasteiger charge is 2.51. The summed E-state index contributed by atoms with van der Waals surface area (Å²) >= 11 is 0. The predicted octanol–water partition coefficient (Wildman–Crippen LogP) is 4.46. The second kappa shape index (κ2) is 10.9. The zero-order chi connectivity index (χ0) is 22.1. The van der Waals surface area contributed by atoms with E-state index in [0.717, 1.165) is 16.7 Å². The number of nitrogens with zero attached hydrogens (tertiary/aromatic N) is 1. The average molecular weight is 420 g/mol. The van der Waals surface area contributed by atoms with Crippen molar-refractivity contribution in [2.45, 2.75) is 44.9 Å². The molecule has 0 aliphatic heterocycles. The van der Waals surface area contributed by atoms with E-state index >= 15 is 0 Å². The third kappa shape index (κ3) is 5.58. The van der Waals surface area contributed by atoms with E-state index in [9.17, 15) is 15.0 Å². The second-order valence-corrected chi connectivity index (χ2v) is 7.53. The summed E-state index contributed by atoms with van der Waals surface area (Å²) in [7, 11) is 0. The van der Waals surface area contributed by atoms with Crippen LogP contribution < -0.4 is 0 Å². The topological polar surface area (TPSA) is 70.0 Å². The summed E-state index contributed by atoms with van der Waals surface area (Å²) in [4.78, 5) is 14.5. The first-order valence-electron chi connectivity index (χ1n) is 10.5. The molecule has 3 aromatic rings. The molecule has 3 aromatic carbocycles. The van der Waals surface area contributed by atoms with Crippen LogP contribution in [0.3, 0.4) is 0 Å². The van der Waals surface area contributed by atoms with E-state index in [1.54, 1.807) is 11.8 Å². The minimum absolute atomic E-state index is 0.0737. The van der Waals surface area contributed by atoms with Crippen LogP contribution in [0.15, 0.2) is 91.0 Å². The Morgan fingerprint density at radius 3 is 1.65 bits per heavy atom. The quantitative estimate of drug-likeness (QED) is 0.449. The van der Waals surface area contributed by atoms with Gasteiger partial charge in [-0.3, -0.25) is 4.90 Å². The van der Waals surface area contributed by atoms with Crippen LogP contribution in [0, 0.1) is 0 Å². The largest absolute Gasteiger partial charge is 0.478 e. The van der Waals surface area contributed by atoms with Gasteiger partial charge in [0.25, 0.3) is 0 Å². The van der Waals surface area contributed by atoms with E-state index in [0.29, 0.717) is 13.1 Å². The van der Waals surface area contributed by atoms with Crippen molar-refractivity contribution in [2.24, 2.45) is 0 Å². The third-order valence-electron chi connectivity index (χ3n) is 5.35. The number of benzene rings is 3. The first-order chi connectivity index (χ1) is 15.1. The molecule has 2 N–H and O–H groups in total. The summed E-state index contributed by atoms with van der Waals surface area (Å²) in [5.41, 5.74) is 0.818. The van der Waals surface area contributed by atoms with Crippen LogP contribution in [-0.4, -0.2) is 32.9 Å². The summed E-state index contributed by atoms with van der Waals surface area (Å²) in [6, 6.07) is 28.7. The molecule has 162 valence electrons. The molecule has 0 saturated carbocycles. The molecule has 0 aliphatic carbocycles. The Hall–Kier alpha value is -2.99. The average Bonchev–Trinajstić information content (AvgIpc) is 2.81. The summed E-state index contributed by atoms with van der Waals surface area (Å²) < 4.78 is 6.11. The number of aliphatic carboxylic acids is 1. The van der Waals surface area contributed by atoms with Crippen molar-refractivity contribution in [3.05, 3.63) is 108 Å². The van der Waals surface area contributed by atoms with Crippen LogP contribution in [-0.2, 0) is 29.2 Å². The van der Waals surface area contributed by atoms with E-state index < -0.39 is 17.8 Å². The van der Waals surface area contributed by atoms with E-state index in [1.165, 1.54) is 0 Å². The Balaban J connectivity index is 2.02. The highest BCUT2D eigenvalue weighted by Crippen LogP contribution is 2.30. The van der Waals surface area contributed by atoms with Gasteiger partial charge in [-0.25, -0.2) is 4.79 Å². The first-order valence-corrected chi connectivity index (χ1v) is 10.5. The Kier molecular flexibility index (Phi) is 7.95. The second-order valence-electron chi connectivity index (χ2n) is 7.53. The summed E-state index contributed by atoms with van der Waals surface area (Å²) in [6.45, 7) is 2.46. The summed E-state index contributed by atoms with van der Waals surface area (Å²) in [6.07, 6.45) is -0.984. The van der Waals surface area contributed by atoms with Crippen LogP contribution in [0.4, 0.5) is 0 Å². The van der Waals surface area contributed by atoms with Crippen molar-refractivity contribution in [2.75, 3.05) is 0 Å². The number of carboxylic acids is 1. The van der Waals surface area contributed by atoms with Crippen molar-refractivity contribution in [1.82, 2.24) is 4.90 Å². The molecule has 5 heteroatoms. The van der Waals surface area contributed by atoms with Crippen molar-refractivity contribution in [1.29, 1.82) is 0 Å². The molecule has 0 saturated heterocycles. The number of aliphatic hydroxyl groups excluding tert-OH is 1. The lowest BCUT2D eigenvalue weighted by Crippen LogP contribution is -2.63. The molecule has 0 aliphatic rings. The van der Waals surface area contributed by atoms with Gasteiger partial charge in [-0.2, -0.15) is 0 Å². The molecule has 5 nitrogen and oxygen atoms in total. The molecule has 0 amide bonds. The Morgan fingerprint density at radius 1 is 0.839 bits per heavy atom. The van der Waals surface area contributed by atoms with E-state index in [1.807, 2.05) is 91.0 Å². The maximum Gasteiger partial charge on any atom is 0.354 e. The highest BCUT2D eigenvalue weighted by atomic mass is 16.6. The number of rotatable bonds is 11. The molecule has 31 heavy (non-hydrogen) atoms. The van der Waals surface area contributed by atoms with E-state index in [2.05, 4.69) is 0 Å². The highest BCUT2D eigenvalue weighted by molar-refractivity contribution is 5.78. The Labute approximate surface area is 183 Å². The van der Waals surface area contributed by atoms with Gasteiger partial charge in [0.05, 0.1) is 6.61 Å². The normalized spacial score (nSPS) is 14.2. The zero-order valence-electron chi connectivity index (χ0n) is 17.7. The molecule has 3 rings (SSSR count). The SMILES string of the molecule is CCC(O)C(OCc1ccccc1)(C(=O)O)N(Cc1ccccc1)Cc1ccccc1. The number of carboxylic acid groups (broad SMARTS) is 1. The Bertz CT molecular complexity index is 892. The first kappa shape index (κ1) is 22.7. The van der Waals surface area contributed by atoms with Crippen LogP contribution in [0.2, 0.25) is 0 Å². The fourth-order valence-electron chi connectivity index (χ4n) is 3.68. The molecule has 0 bridgehead atoms. The van der Waals surface area contributed by atoms with Gasteiger partial charge in [0.2, 0.25) is 5.72 Å². The molecule has 0 spiro atoms. The predicted molar refractivity (Wildman–Crippen MR) is 120 cm³/mol. The minimum atomic E-state index is -1.91. The lowest BCUT2D eigenvalue weighted by molar-refractivity contribution is -0.237. The molecule has 0 heterocycles. The fourth-order valence-corrected chi connectivity index (χ4v) is 3.68. The maximum absolute atomic E-state index is 12.7. The maximum atomic E-state index is 12.7. The monoisotopic (exact) mass is 419 g/mol. The number of aliphatic hydroxyl groups is 1. The molecule has 0 aromatic heterocycles. The van der Waals surface area contributed by atoms with Crippen molar-refractivity contribution in [3.63, 3.8) is 0 Å². The van der Waals surface area contributed by atoms with E-state index in [4.69, 9.17) is 4.74 Å². The van der Waals surface area contributed by atoms with Crippen molar-refractivity contribution in [3.8, 4) is 0 Å².